The van der Waals surface area contributed by atoms with Crippen molar-refractivity contribution in [3.8, 4) is 0 Å². The summed E-state index contributed by atoms with van der Waals surface area (Å²) < 4.78 is 4.99. The second kappa shape index (κ2) is 7.89. The molecule has 2 aliphatic rings. The summed E-state index contributed by atoms with van der Waals surface area (Å²) in [5.74, 6) is -1.29. The maximum atomic E-state index is 12.1. The summed E-state index contributed by atoms with van der Waals surface area (Å²) in [6.07, 6.45) is 5.20. The molecule has 2 rings (SSSR count). The Hall–Kier alpha value is -2.18. The first-order chi connectivity index (χ1) is 11.0. The lowest BCUT2D eigenvalue weighted by atomic mass is 9.67. The van der Waals surface area contributed by atoms with Crippen LogP contribution in [0.5, 0.6) is 0 Å². The van der Waals surface area contributed by atoms with Crippen molar-refractivity contribution < 1.29 is 23.9 Å². The highest BCUT2D eigenvalue weighted by atomic mass is 16.5. The zero-order valence-corrected chi connectivity index (χ0v) is 13.0. The molecule has 7 nitrogen and oxygen atoms in total. The summed E-state index contributed by atoms with van der Waals surface area (Å²) in [5.41, 5.74) is 0. The lowest BCUT2D eigenvalue weighted by molar-refractivity contribution is -0.156. The molecule has 0 aromatic rings. The molecule has 0 spiro atoms. The highest BCUT2D eigenvalue weighted by Crippen LogP contribution is 2.40. The molecule has 2 aliphatic carbocycles. The Morgan fingerprint density at radius 1 is 1.22 bits per heavy atom. The van der Waals surface area contributed by atoms with Crippen LogP contribution in [-0.2, 0) is 19.1 Å². The van der Waals surface area contributed by atoms with Crippen LogP contribution in [0.3, 0.4) is 0 Å². The Bertz CT molecular complexity index is 501. The van der Waals surface area contributed by atoms with E-state index >= 15 is 0 Å². The highest BCUT2D eigenvalue weighted by molar-refractivity contribution is 5.95. The zero-order valence-electron chi connectivity index (χ0n) is 13.0. The molecule has 1 unspecified atom stereocenters. The largest absolute Gasteiger partial charge is 0.455 e. The molecule has 0 aromatic carbocycles. The summed E-state index contributed by atoms with van der Waals surface area (Å²) >= 11 is 0. The molecule has 0 saturated heterocycles. The van der Waals surface area contributed by atoms with Gasteiger partial charge in [-0.15, -0.1) is 6.58 Å². The Morgan fingerprint density at radius 3 is 2.48 bits per heavy atom. The van der Waals surface area contributed by atoms with Crippen LogP contribution in [-0.4, -0.2) is 36.8 Å². The average Bonchev–Trinajstić information content (AvgIpc) is 2.50. The molecular weight excluding hydrogens is 300 g/mol. The average molecular weight is 322 g/mol. The predicted octanol–water partition coefficient (Wildman–Crippen LogP) is 0.937. The molecule has 3 atom stereocenters. The van der Waals surface area contributed by atoms with E-state index in [1.54, 1.807) is 0 Å². The smallest absolute Gasteiger partial charge is 0.321 e. The number of urea groups is 1. The maximum absolute atomic E-state index is 12.1. The van der Waals surface area contributed by atoms with Crippen molar-refractivity contribution in [2.45, 2.75) is 32.1 Å². The van der Waals surface area contributed by atoms with E-state index in [1.807, 2.05) is 0 Å². The van der Waals surface area contributed by atoms with Crippen molar-refractivity contribution >= 4 is 23.7 Å². The summed E-state index contributed by atoms with van der Waals surface area (Å²) in [6, 6.07) is -0.663. The fraction of sp³-hybridized carbons (Fsp3) is 0.625. The van der Waals surface area contributed by atoms with Crippen LogP contribution >= 0.6 is 0 Å². The Balaban J connectivity index is 1.74. The number of rotatable bonds is 5. The molecule has 2 bridgehead atoms. The number of esters is 1. The van der Waals surface area contributed by atoms with Gasteiger partial charge >= 0.3 is 12.0 Å². The molecule has 0 heterocycles. The summed E-state index contributed by atoms with van der Waals surface area (Å²) in [4.78, 5) is 46.8. The number of Topliss-reactive ketones (excluding diaryl/α,β-unsaturated/α-hetero) is 1. The van der Waals surface area contributed by atoms with Gasteiger partial charge in [0.2, 0.25) is 0 Å². The van der Waals surface area contributed by atoms with E-state index in [4.69, 9.17) is 4.74 Å². The minimum atomic E-state index is -0.688. The van der Waals surface area contributed by atoms with Gasteiger partial charge < -0.3 is 10.1 Å². The third-order valence-corrected chi connectivity index (χ3v) is 4.39. The van der Waals surface area contributed by atoms with Crippen LogP contribution in [0.2, 0.25) is 0 Å². The first-order valence-electron chi connectivity index (χ1n) is 7.90. The summed E-state index contributed by atoms with van der Waals surface area (Å²) in [5, 5.41) is 4.43. The molecule has 2 saturated carbocycles. The Morgan fingerprint density at radius 2 is 1.87 bits per heavy atom. The number of fused-ring (bicyclic) bond motifs is 2. The van der Waals surface area contributed by atoms with E-state index in [9.17, 15) is 19.2 Å². The van der Waals surface area contributed by atoms with E-state index in [-0.39, 0.29) is 30.1 Å². The monoisotopic (exact) mass is 322 g/mol. The molecule has 23 heavy (non-hydrogen) atoms. The lowest BCUT2D eigenvalue weighted by Crippen LogP contribution is -2.42. The number of ether oxygens (including phenoxy) is 1. The second-order valence-electron chi connectivity index (χ2n) is 6.05. The standard InChI is InChI=1S/C16H22N2O5/c1-2-6-17-16(22)18-13(19)9-23-15(21)12-7-10-4-3-5-11(8-12)14(10)20/h2,10-12H,1,3-9H2,(H2,17,18,19,22)/t10-,11+,12?. The number of amides is 3. The van der Waals surface area contributed by atoms with E-state index in [0.717, 1.165) is 19.3 Å². The minimum absolute atomic E-state index is 0.0430. The normalized spacial score (nSPS) is 26.1. The molecule has 7 heteroatoms. The van der Waals surface area contributed by atoms with E-state index < -0.39 is 24.5 Å². The van der Waals surface area contributed by atoms with Crippen LogP contribution in [0.25, 0.3) is 0 Å². The summed E-state index contributed by atoms with van der Waals surface area (Å²) in [7, 11) is 0. The van der Waals surface area contributed by atoms with Gasteiger partial charge in [-0.05, 0) is 25.7 Å². The van der Waals surface area contributed by atoms with Gasteiger partial charge in [0, 0.05) is 18.4 Å². The third kappa shape index (κ3) is 4.64. The first-order valence-corrected chi connectivity index (χ1v) is 7.90. The van der Waals surface area contributed by atoms with Crippen molar-refractivity contribution in [2.24, 2.45) is 17.8 Å². The summed E-state index contributed by atoms with van der Waals surface area (Å²) in [6.45, 7) is 3.17. The van der Waals surface area contributed by atoms with E-state index in [1.165, 1.54) is 6.08 Å². The predicted molar refractivity (Wildman–Crippen MR) is 81.3 cm³/mol. The number of nitrogens with one attached hydrogen (secondary N) is 2. The van der Waals surface area contributed by atoms with Gasteiger partial charge in [-0.2, -0.15) is 0 Å². The Labute approximate surface area is 134 Å². The third-order valence-electron chi connectivity index (χ3n) is 4.39. The second-order valence-corrected chi connectivity index (χ2v) is 6.05. The number of carbonyl (C=O) groups excluding carboxylic acids is 4. The van der Waals surface area contributed by atoms with Gasteiger partial charge in [0.1, 0.15) is 5.78 Å². The molecule has 0 aliphatic heterocycles. The quantitative estimate of drug-likeness (QED) is 0.579. The molecule has 2 N–H and O–H groups in total. The molecule has 2 fully saturated rings. The van der Waals surface area contributed by atoms with E-state index in [0.29, 0.717) is 12.8 Å². The number of ketones is 1. The van der Waals surface area contributed by atoms with Gasteiger partial charge in [0.15, 0.2) is 6.61 Å². The minimum Gasteiger partial charge on any atom is -0.455 e. The van der Waals surface area contributed by atoms with Crippen LogP contribution in [0.15, 0.2) is 12.7 Å². The molecule has 3 amide bonds. The van der Waals surface area contributed by atoms with Gasteiger partial charge in [-0.3, -0.25) is 19.7 Å². The van der Waals surface area contributed by atoms with Gasteiger partial charge in [-0.25, -0.2) is 4.79 Å². The topological polar surface area (TPSA) is 102 Å². The number of carbonyl (C=O) groups is 4. The molecule has 0 radical (unpaired) electrons. The lowest BCUT2D eigenvalue weighted by Gasteiger charge is -2.36. The maximum Gasteiger partial charge on any atom is 0.321 e. The SMILES string of the molecule is C=CCNC(=O)NC(=O)COC(=O)C1C[C@H]2CCC[C@@H](C1)C2=O. The van der Waals surface area contributed by atoms with Crippen molar-refractivity contribution in [3.63, 3.8) is 0 Å². The Kier molecular flexibility index (Phi) is 5.90. The fourth-order valence-electron chi connectivity index (χ4n) is 3.30. The van der Waals surface area contributed by atoms with Crippen LogP contribution < -0.4 is 10.6 Å². The number of hydrogen-bond donors (Lipinski definition) is 2. The van der Waals surface area contributed by atoms with Crippen molar-refractivity contribution in [1.82, 2.24) is 10.6 Å². The molecule has 0 aromatic heterocycles. The van der Waals surface area contributed by atoms with Gasteiger partial charge in [0.05, 0.1) is 5.92 Å². The highest BCUT2D eigenvalue weighted by Gasteiger charge is 2.41. The fourth-order valence-corrected chi connectivity index (χ4v) is 3.30. The molecular formula is C16H22N2O5. The van der Waals surface area contributed by atoms with Gasteiger partial charge in [0.25, 0.3) is 5.91 Å². The van der Waals surface area contributed by atoms with Crippen molar-refractivity contribution in [3.05, 3.63) is 12.7 Å². The van der Waals surface area contributed by atoms with Crippen LogP contribution in [0.4, 0.5) is 4.79 Å². The zero-order chi connectivity index (χ0) is 16.8. The first kappa shape index (κ1) is 17.2. The van der Waals surface area contributed by atoms with E-state index in [2.05, 4.69) is 17.2 Å². The van der Waals surface area contributed by atoms with Crippen molar-refractivity contribution in [1.29, 1.82) is 0 Å². The van der Waals surface area contributed by atoms with Crippen LogP contribution in [0, 0.1) is 17.8 Å². The van der Waals surface area contributed by atoms with Gasteiger partial charge in [-0.1, -0.05) is 12.5 Å². The molecule has 126 valence electrons. The number of hydrogen-bond acceptors (Lipinski definition) is 5. The van der Waals surface area contributed by atoms with Crippen molar-refractivity contribution in [2.75, 3.05) is 13.2 Å². The van der Waals surface area contributed by atoms with Crippen LogP contribution in [0.1, 0.15) is 32.1 Å². The number of imide groups is 1.